The van der Waals surface area contributed by atoms with Crippen molar-refractivity contribution in [3.8, 4) is 0 Å². The molecule has 0 saturated heterocycles. The molecule has 0 radical (unpaired) electrons. The lowest BCUT2D eigenvalue weighted by atomic mass is 9.95. The van der Waals surface area contributed by atoms with Gasteiger partial charge in [0, 0.05) is 47.5 Å². The summed E-state index contributed by atoms with van der Waals surface area (Å²) in [5.74, 6) is 1.82. The van der Waals surface area contributed by atoms with Gasteiger partial charge in [-0.05, 0) is 66.5 Å². The van der Waals surface area contributed by atoms with Gasteiger partial charge >= 0.3 is 0 Å². The van der Waals surface area contributed by atoms with Crippen LogP contribution in [0.3, 0.4) is 0 Å². The zero-order valence-corrected chi connectivity index (χ0v) is 22.6. The summed E-state index contributed by atoms with van der Waals surface area (Å²) < 4.78 is 3.17. The topological polar surface area (TPSA) is 51.1 Å². The highest BCUT2D eigenvalue weighted by molar-refractivity contribution is 9.10. The third-order valence-electron chi connectivity index (χ3n) is 7.50. The van der Waals surface area contributed by atoms with E-state index < -0.39 is 0 Å². The lowest BCUT2D eigenvalue weighted by molar-refractivity contribution is -0.119. The average molecular weight is 550 g/mol. The van der Waals surface area contributed by atoms with Crippen molar-refractivity contribution in [1.29, 1.82) is 0 Å². The number of hydrogen-bond acceptors (Lipinski definition) is 3. The predicted octanol–water partition coefficient (Wildman–Crippen LogP) is 7.38. The number of ketones is 2. The third-order valence-corrected chi connectivity index (χ3v) is 8.00. The Morgan fingerprint density at radius 2 is 1.81 bits per heavy atom. The van der Waals surface area contributed by atoms with E-state index in [1.165, 1.54) is 41.9 Å². The van der Waals surface area contributed by atoms with Crippen LogP contribution in [0.5, 0.6) is 0 Å². The van der Waals surface area contributed by atoms with E-state index in [2.05, 4.69) is 75.0 Å². The molecule has 0 bridgehead atoms. The van der Waals surface area contributed by atoms with E-state index in [0.717, 1.165) is 42.3 Å². The molecule has 4 rings (SSSR count). The minimum atomic E-state index is 0.157. The number of fused-ring (bicyclic) bond motifs is 1. The highest BCUT2D eigenvalue weighted by atomic mass is 79.9. The van der Waals surface area contributed by atoms with Crippen molar-refractivity contribution in [3.63, 3.8) is 0 Å². The molecule has 1 N–H and O–H groups in total. The Morgan fingerprint density at radius 1 is 1.03 bits per heavy atom. The number of benzene rings is 2. The van der Waals surface area contributed by atoms with E-state index in [4.69, 9.17) is 0 Å². The van der Waals surface area contributed by atoms with Gasteiger partial charge in [-0.3, -0.25) is 9.59 Å². The molecule has 2 aromatic carbocycles. The molecule has 1 aliphatic rings. The Labute approximate surface area is 223 Å². The van der Waals surface area contributed by atoms with Gasteiger partial charge in [-0.25, -0.2) is 0 Å². The van der Waals surface area contributed by atoms with E-state index in [1.54, 1.807) is 0 Å². The number of carbonyl (C=O) groups excluding carboxylic acids is 2. The van der Waals surface area contributed by atoms with Crippen LogP contribution in [0.15, 0.2) is 71.9 Å². The molecule has 190 valence electrons. The van der Waals surface area contributed by atoms with Crippen LogP contribution in [-0.2, 0) is 29.2 Å². The monoisotopic (exact) mass is 548 g/mol. The molecule has 4 nitrogen and oxygen atoms in total. The Bertz CT molecular complexity index is 1180. The molecule has 3 aromatic rings. The van der Waals surface area contributed by atoms with Crippen LogP contribution in [0.1, 0.15) is 62.5 Å². The molecule has 2 unspecified atom stereocenters. The highest BCUT2D eigenvalue weighted by Gasteiger charge is 2.24. The minimum absolute atomic E-state index is 0.157. The average Bonchev–Trinajstić information content (AvgIpc) is 3.47. The number of rotatable bonds is 14. The summed E-state index contributed by atoms with van der Waals surface area (Å²) in [6, 6.07) is 16.7. The summed E-state index contributed by atoms with van der Waals surface area (Å²) in [5.41, 5.74) is 3.58. The molecule has 36 heavy (non-hydrogen) atoms. The van der Waals surface area contributed by atoms with Crippen molar-refractivity contribution in [2.45, 2.75) is 71.0 Å². The van der Waals surface area contributed by atoms with Gasteiger partial charge in [-0.1, -0.05) is 72.1 Å². The standard InChI is InChI=1S/C31H37BrN2O2/c1-2-28(35)15-13-24-12-11-23(17-24)9-6-10-29(36)22-34-21-26(30-18-27(32)14-16-31(30)34)20-33-19-25-7-4-3-5-8-25/h2-5,7-8,14,16,18,21,23-24,33H,1,6,9-13,15,17,19-20,22H2. The minimum Gasteiger partial charge on any atom is -0.340 e. The van der Waals surface area contributed by atoms with Gasteiger partial charge in [-0.2, -0.15) is 0 Å². The molecule has 1 heterocycles. The predicted molar refractivity (Wildman–Crippen MR) is 151 cm³/mol. The SMILES string of the molecule is C=CC(=O)CCC1CCC(CCCC(=O)Cn2cc(CNCc3ccccc3)c3cc(Br)ccc32)C1. The number of hydrogen-bond donors (Lipinski definition) is 1. The van der Waals surface area contributed by atoms with Crippen molar-refractivity contribution in [3.05, 3.63) is 83.0 Å². The molecule has 0 spiro atoms. The molecule has 0 amide bonds. The molecule has 2 atom stereocenters. The number of allylic oxidation sites excluding steroid dienone is 1. The van der Waals surface area contributed by atoms with Gasteiger partial charge < -0.3 is 9.88 Å². The lowest BCUT2D eigenvalue weighted by Crippen LogP contribution is -2.12. The van der Waals surface area contributed by atoms with E-state index in [1.807, 2.05) is 12.1 Å². The fraction of sp³-hybridized carbons (Fsp3) is 0.419. The summed E-state index contributed by atoms with van der Waals surface area (Å²) in [6.45, 7) is 5.56. The first-order valence-corrected chi connectivity index (χ1v) is 14.0. The maximum atomic E-state index is 12.9. The smallest absolute Gasteiger partial charge is 0.155 e. The number of carbonyl (C=O) groups is 2. The molecule has 1 aliphatic carbocycles. The van der Waals surface area contributed by atoms with Gasteiger partial charge in [0.05, 0.1) is 6.54 Å². The summed E-state index contributed by atoms with van der Waals surface area (Å²) in [7, 11) is 0. The summed E-state index contributed by atoms with van der Waals surface area (Å²) >= 11 is 3.60. The summed E-state index contributed by atoms with van der Waals surface area (Å²) in [5, 5.41) is 4.73. The molecular formula is C31H37BrN2O2. The highest BCUT2D eigenvalue weighted by Crippen LogP contribution is 2.36. The number of Topliss-reactive ketones (excluding diaryl/α,β-unsaturated/α-hetero) is 1. The van der Waals surface area contributed by atoms with Crippen LogP contribution in [0.25, 0.3) is 10.9 Å². The fourth-order valence-electron chi connectivity index (χ4n) is 5.56. The van der Waals surface area contributed by atoms with Gasteiger partial charge in [0.25, 0.3) is 0 Å². The van der Waals surface area contributed by atoms with Gasteiger partial charge in [0.15, 0.2) is 11.6 Å². The van der Waals surface area contributed by atoms with Gasteiger partial charge in [-0.15, -0.1) is 0 Å². The summed E-state index contributed by atoms with van der Waals surface area (Å²) in [6.07, 6.45) is 11.6. The lowest BCUT2D eigenvalue weighted by Gasteiger charge is -2.11. The molecule has 1 saturated carbocycles. The zero-order valence-electron chi connectivity index (χ0n) is 21.1. The Balaban J connectivity index is 1.27. The Morgan fingerprint density at radius 3 is 2.58 bits per heavy atom. The Kier molecular flexibility index (Phi) is 9.71. The van der Waals surface area contributed by atoms with Crippen LogP contribution in [0, 0.1) is 11.8 Å². The fourth-order valence-corrected chi connectivity index (χ4v) is 5.92. The number of nitrogens with zero attached hydrogens (tertiary/aromatic N) is 1. The summed E-state index contributed by atoms with van der Waals surface area (Å²) in [4.78, 5) is 24.4. The van der Waals surface area contributed by atoms with Crippen molar-refractivity contribution in [1.82, 2.24) is 9.88 Å². The second-order valence-corrected chi connectivity index (χ2v) is 11.1. The van der Waals surface area contributed by atoms with Crippen molar-refractivity contribution in [2.75, 3.05) is 0 Å². The first kappa shape index (κ1) is 26.6. The molecule has 1 fully saturated rings. The first-order chi connectivity index (χ1) is 17.5. The largest absolute Gasteiger partial charge is 0.340 e. The van der Waals surface area contributed by atoms with Gasteiger partial charge in [0.1, 0.15) is 0 Å². The van der Waals surface area contributed by atoms with E-state index in [0.29, 0.717) is 37.0 Å². The van der Waals surface area contributed by atoms with Crippen molar-refractivity contribution >= 4 is 38.4 Å². The van der Waals surface area contributed by atoms with Crippen LogP contribution in [0.2, 0.25) is 0 Å². The molecule has 0 aliphatic heterocycles. The Hall–Kier alpha value is -2.50. The second kappa shape index (κ2) is 13.2. The second-order valence-electron chi connectivity index (χ2n) is 10.2. The van der Waals surface area contributed by atoms with Crippen molar-refractivity contribution < 1.29 is 9.59 Å². The number of halogens is 1. The maximum Gasteiger partial charge on any atom is 0.155 e. The van der Waals surface area contributed by atoms with E-state index in [9.17, 15) is 9.59 Å². The van der Waals surface area contributed by atoms with Crippen LogP contribution < -0.4 is 5.32 Å². The quantitative estimate of drug-likeness (QED) is 0.214. The zero-order chi connectivity index (χ0) is 25.3. The van der Waals surface area contributed by atoms with Crippen molar-refractivity contribution in [2.24, 2.45) is 11.8 Å². The van der Waals surface area contributed by atoms with Crippen LogP contribution in [0.4, 0.5) is 0 Å². The molecule has 5 heteroatoms. The van der Waals surface area contributed by atoms with Gasteiger partial charge in [0.2, 0.25) is 0 Å². The normalized spacial score (nSPS) is 17.5. The first-order valence-electron chi connectivity index (χ1n) is 13.2. The number of nitrogens with one attached hydrogen (secondary N) is 1. The number of aromatic nitrogens is 1. The van der Waals surface area contributed by atoms with Crippen LogP contribution in [-0.4, -0.2) is 16.1 Å². The van der Waals surface area contributed by atoms with E-state index in [-0.39, 0.29) is 5.78 Å². The molecular weight excluding hydrogens is 512 g/mol. The molecule has 1 aromatic heterocycles. The van der Waals surface area contributed by atoms with Crippen LogP contribution >= 0.6 is 15.9 Å². The maximum absolute atomic E-state index is 12.9. The third kappa shape index (κ3) is 7.50. The van der Waals surface area contributed by atoms with E-state index >= 15 is 0 Å².